The number of rotatable bonds is 7. The van der Waals surface area contributed by atoms with Crippen molar-refractivity contribution in [1.29, 1.82) is 0 Å². The Labute approximate surface area is 125 Å². The van der Waals surface area contributed by atoms with Gasteiger partial charge in [-0.15, -0.1) is 0 Å². The van der Waals surface area contributed by atoms with Gasteiger partial charge in [0.15, 0.2) is 0 Å². The molecule has 0 amide bonds. The van der Waals surface area contributed by atoms with Gasteiger partial charge in [0.05, 0.1) is 35.0 Å². The minimum atomic E-state index is 0.710. The summed E-state index contributed by atoms with van der Waals surface area (Å²) in [5, 5.41) is 8.49. The van der Waals surface area contributed by atoms with Crippen molar-refractivity contribution in [2.75, 3.05) is 13.1 Å². The fourth-order valence-electron chi connectivity index (χ4n) is 2.21. The van der Waals surface area contributed by atoms with Gasteiger partial charge >= 0.3 is 0 Å². The van der Waals surface area contributed by atoms with Crippen LogP contribution in [0, 0.1) is 6.92 Å². The van der Waals surface area contributed by atoms with Gasteiger partial charge in [0.25, 0.3) is 0 Å². The summed E-state index contributed by atoms with van der Waals surface area (Å²) in [5.41, 5.74) is 3.03. The first-order valence-corrected chi connectivity index (χ1v) is 7.46. The predicted octanol–water partition coefficient (Wildman–Crippen LogP) is 2.26. The third kappa shape index (κ3) is 3.41. The zero-order valence-corrected chi connectivity index (χ0v) is 13.1. The van der Waals surface area contributed by atoms with Crippen molar-refractivity contribution in [2.24, 2.45) is 0 Å². The Hall–Kier alpha value is -1.33. The summed E-state index contributed by atoms with van der Waals surface area (Å²) in [6.07, 6.45) is 4.89. The van der Waals surface area contributed by atoms with Crippen LogP contribution in [0.3, 0.4) is 0 Å². The van der Waals surface area contributed by atoms with Crippen molar-refractivity contribution < 1.29 is 0 Å². The predicted molar refractivity (Wildman–Crippen MR) is 81.2 cm³/mol. The van der Waals surface area contributed by atoms with E-state index >= 15 is 0 Å². The molecule has 0 atom stereocenters. The highest BCUT2D eigenvalue weighted by molar-refractivity contribution is 6.31. The van der Waals surface area contributed by atoms with Gasteiger partial charge in [-0.1, -0.05) is 18.5 Å². The number of hydrogen-bond acceptors (Lipinski definition) is 3. The summed E-state index contributed by atoms with van der Waals surface area (Å²) in [6, 6.07) is 0. The lowest BCUT2D eigenvalue weighted by Crippen LogP contribution is -2.16. The summed E-state index contributed by atoms with van der Waals surface area (Å²) in [6.45, 7) is 9.60. The second-order valence-corrected chi connectivity index (χ2v) is 5.18. The Morgan fingerprint density at radius 2 is 2.15 bits per heavy atom. The molecule has 2 aromatic rings. The van der Waals surface area contributed by atoms with Gasteiger partial charge in [-0.2, -0.15) is 5.10 Å². The van der Waals surface area contributed by atoms with E-state index in [4.69, 9.17) is 11.6 Å². The van der Waals surface area contributed by atoms with Gasteiger partial charge in [0, 0.05) is 25.7 Å². The molecule has 0 bridgehead atoms. The molecular formula is C14H22ClN5. The molecule has 0 spiro atoms. The van der Waals surface area contributed by atoms with Crippen LogP contribution in [0.25, 0.3) is 0 Å². The molecule has 2 aromatic heterocycles. The molecule has 5 nitrogen and oxygen atoms in total. The van der Waals surface area contributed by atoms with Crippen molar-refractivity contribution >= 4 is 11.6 Å². The largest absolute Gasteiger partial charge is 0.331 e. The lowest BCUT2D eigenvalue weighted by molar-refractivity contribution is 0.597. The second-order valence-electron chi connectivity index (χ2n) is 4.80. The van der Waals surface area contributed by atoms with E-state index in [1.165, 1.54) is 0 Å². The third-order valence-electron chi connectivity index (χ3n) is 3.28. The number of aryl methyl sites for hydroxylation is 2. The SMILES string of the molecule is CCNCCc1cn(Cc2c(Cl)c(C)nn2CC)cn1. The van der Waals surface area contributed by atoms with Gasteiger partial charge < -0.3 is 9.88 Å². The van der Waals surface area contributed by atoms with Crippen molar-refractivity contribution in [3.8, 4) is 0 Å². The lowest BCUT2D eigenvalue weighted by Gasteiger charge is -2.06. The van der Waals surface area contributed by atoms with Gasteiger partial charge in [-0.3, -0.25) is 4.68 Å². The summed E-state index contributed by atoms with van der Waals surface area (Å²) in [4.78, 5) is 4.43. The lowest BCUT2D eigenvalue weighted by atomic mass is 10.3. The Kier molecular flexibility index (Phi) is 5.20. The Morgan fingerprint density at radius 3 is 2.85 bits per heavy atom. The van der Waals surface area contributed by atoms with Crippen LogP contribution >= 0.6 is 11.6 Å². The van der Waals surface area contributed by atoms with Crippen LogP contribution in [0.1, 0.15) is 30.9 Å². The van der Waals surface area contributed by atoms with Crippen LogP contribution in [-0.4, -0.2) is 32.4 Å². The standard InChI is InChI=1S/C14H22ClN5/c1-4-16-7-6-12-8-19(10-17-12)9-13-14(15)11(3)18-20(13)5-2/h8,10,16H,4-7,9H2,1-3H3. The molecule has 0 aliphatic rings. The molecule has 0 saturated carbocycles. The summed E-state index contributed by atoms with van der Waals surface area (Å²) < 4.78 is 4.02. The molecule has 0 saturated heterocycles. The molecule has 2 rings (SSSR count). The van der Waals surface area contributed by atoms with E-state index in [1.54, 1.807) is 0 Å². The number of nitrogens with zero attached hydrogens (tertiary/aromatic N) is 4. The third-order valence-corrected chi connectivity index (χ3v) is 3.77. The fraction of sp³-hybridized carbons (Fsp3) is 0.571. The van der Waals surface area contributed by atoms with Crippen LogP contribution in [0.4, 0.5) is 0 Å². The van der Waals surface area contributed by atoms with E-state index in [0.717, 1.165) is 48.2 Å². The molecule has 110 valence electrons. The van der Waals surface area contributed by atoms with Gasteiger partial charge in [-0.05, 0) is 20.4 Å². The van der Waals surface area contributed by atoms with Crippen molar-refractivity contribution in [2.45, 2.75) is 40.3 Å². The topological polar surface area (TPSA) is 47.7 Å². The van der Waals surface area contributed by atoms with Crippen LogP contribution in [0.5, 0.6) is 0 Å². The Morgan fingerprint density at radius 1 is 1.35 bits per heavy atom. The Bertz CT molecular complexity index is 558. The highest BCUT2D eigenvalue weighted by Crippen LogP contribution is 2.21. The van der Waals surface area contributed by atoms with E-state index < -0.39 is 0 Å². The number of halogens is 1. The molecule has 0 fully saturated rings. The van der Waals surface area contributed by atoms with Crippen LogP contribution in [0.2, 0.25) is 5.02 Å². The van der Waals surface area contributed by atoms with E-state index in [0.29, 0.717) is 6.54 Å². The molecular weight excluding hydrogens is 274 g/mol. The quantitative estimate of drug-likeness (QED) is 0.797. The first kappa shape index (κ1) is 15.1. The van der Waals surface area contributed by atoms with Gasteiger partial charge in [-0.25, -0.2) is 4.98 Å². The van der Waals surface area contributed by atoms with E-state index in [2.05, 4.69) is 40.0 Å². The molecule has 0 aliphatic heterocycles. The van der Waals surface area contributed by atoms with Crippen LogP contribution in [-0.2, 0) is 19.5 Å². The maximum atomic E-state index is 6.32. The van der Waals surface area contributed by atoms with Crippen molar-refractivity contribution in [3.63, 3.8) is 0 Å². The van der Waals surface area contributed by atoms with E-state index in [9.17, 15) is 0 Å². The smallest absolute Gasteiger partial charge is 0.0953 e. The van der Waals surface area contributed by atoms with E-state index in [-0.39, 0.29) is 0 Å². The maximum absolute atomic E-state index is 6.32. The average molecular weight is 296 g/mol. The normalized spacial score (nSPS) is 11.2. The first-order valence-electron chi connectivity index (χ1n) is 7.08. The zero-order valence-electron chi connectivity index (χ0n) is 12.4. The van der Waals surface area contributed by atoms with E-state index in [1.807, 2.05) is 17.9 Å². The zero-order chi connectivity index (χ0) is 14.5. The molecule has 6 heteroatoms. The Balaban J connectivity index is 2.07. The molecule has 2 heterocycles. The summed E-state index contributed by atoms with van der Waals surface area (Å²) in [5.74, 6) is 0. The molecule has 1 N–H and O–H groups in total. The molecule has 0 aromatic carbocycles. The van der Waals surface area contributed by atoms with Gasteiger partial charge in [0.1, 0.15) is 0 Å². The molecule has 0 radical (unpaired) electrons. The molecule has 0 aliphatic carbocycles. The highest BCUT2D eigenvalue weighted by Gasteiger charge is 2.13. The first-order chi connectivity index (χ1) is 9.65. The number of hydrogen-bond donors (Lipinski definition) is 1. The monoisotopic (exact) mass is 295 g/mol. The minimum Gasteiger partial charge on any atom is -0.331 e. The van der Waals surface area contributed by atoms with Crippen LogP contribution < -0.4 is 5.32 Å². The fourth-order valence-corrected chi connectivity index (χ4v) is 2.40. The molecule has 0 unspecified atom stereocenters. The summed E-state index contributed by atoms with van der Waals surface area (Å²) in [7, 11) is 0. The number of imidazole rings is 1. The highest BCUT2D eigenvalue weighted by atomic mass is 35.5. The van der Waals surface area contributed by atoms with Crippen LogP contribution in [0.15, 0.2) is 12.5 Å². The van der Waals surface area contributed by atoms with Crippen molar-refractivity contribution in [1.82, 2.24) is 24.6 Å². The number of aromatic nitrogens is 4. The minimum absolute atomic E-state index is 0.710. The molecule has 20 heavy (non-hydrogen) atoms. The summed E-state index contributed by atoms with van der Waals surface area (Å²) >= 11 is 6.32. The number of likely N-dealkylation sites (N-methyl/N-ethyl adjacent to an activating group) is 1. The second kappa shape index (κ2) is 6.90. The maximum Gasteiger partial charge on any atom is 0.0953 e. The average Bonchev–Trinajstić information content (AvgIpc) is 2.99. The number of nitrogens with one attached hydrogen (secondary N) is 1. The van der Waals surface area contributed by atoms with Crippen molar-refractivity contribution in [3.05, 3.63) is 34.6 Å². The van der Waals surface area contributed by atoms with Gasteiger partial charge in [0.2, 0.25) is 0 Å².